The summed E-state index contributed by atoms with van der Waals surface area (Å²) in [5, 5.41) is 14.0. The van der Waals surface area contributed by atoms with Gasteiger partial charge >= 0.3 is 5.97 Å². The molecule has 288 valence electrons. The van der Waals surface area contributed by atoms with E-state index in [1.54, 1.807) is 23.1 Å². The molecular weight excluding hydrogens is 760 g/mol. The molecule has 3 fully saturated rings. The topological polar surface area (TPSA) is 147 Å². The van der Waals surface area contributed by atoms with Crippen LogP contribution < -0.4 is 5.32 Å². The van der Waals surface area contributed by atoms with Gasteiger partial charge < -0.3 is 39.2 Å². The summed E-state index contributed by atoms with van der Waals surface area (Å²) in [7, 11) is 1.51. The number of morpholine rings is 1. The lowest BCUT2D eigenvalue weighted by molar-refractivity contribution is -0.163. The van der Waals surface area contributed by atoms with Gasteiger partial charge in [0, 0.05) is 50.7 Å². The summed E-state index contributed by atoms with van der Waals surface area (Å²) in [4.78, 5) is 63.7. The first-order valence-corrected chi connectivity index (χ1v) is 19.4. The van der Waals surface area contributed by atoms with Crippen molar-refractivity contribution in [1.82, 2.24) is 20.0 Å². The minimum absolute atomic E-state index is 0.0482. The SMILES string of the molecule is COC[C@@H]1NC(=O)CC/C=C\CN(CCN2CCOCC2)C(=O)[C@H]2N([C@H](CO)c3ccccc3)C(=O)[C@@H]3[C@@H](C(=O)O[C@H]1c1ccccc1)[C@@H]1O[C@@]32C=C1Br. The number of aliphatic hydroxyl groups excluding tert-OH is 1. The number of rotatable bonds is 9. The zero-order valence-electron chi connectivity index (χ0n) is 30.3. The summed E-state index contributed by atoms with van der Waals surface area (Å²) in [6.07, 6.45) is 4.19. The van der Waals surface area contributed by atoms with Crippen molar-refractivity contribution in [3.05, 3.63) is 94.5 Å². The Balaban J connectivity index is 1.33. The molecule has 8 atom stereocenters. The number of carbonyl (C=O) groups is 4. The predicted molar refractivity (Wildman–Crippen MR) is 200 cm³/mol. The van der Waals surface area contributed by atoms with Gasteiger partial charge in [-0.25, -0.2) is 0 Å². The molecule has 13 nitrogen and oxygen atoms in total. The summed E-state index contributed by atoms with van der Waals surface area (Å²) in [5.41, 5.74) is -0.267. The summed E-state index contributed by atoms with van der Waals surface area (Å²) in [6.45, 7) is 3.37. The average molecular weight is 808 g/mol. The number of likely N-dealkylation sites (tertiary alicyclic amines) is 1. The van der Waals surface area contributed by atoms with Crippen LogP contribution in [0.25, 0.3) is 0 Å². The van der Waals surface area contributed by atoms with Gasteiger partial charge in [-0.05, 0) is 23.6 Å². The normalized spacial score (nSPS) is 31.9. The predicted octanol–water partition coefficient (Wildman–Crippen LogP) is 2.52. The van der Waals surface area contributed by atoms with Crippen LogP contribution >= 0.6 is 15.9 Å². The third-order valence-corrected chi connectivity index (χ3v) is 11.8. The molecule has 0 unspecified atom stereocenters. The van der Waals surface area contributed by atoms with E-state index in [0.717, 1.165) is 13.1 Å². The Kier molecular flexibility index (Phi) is 12.0. The number of nitrogens with zero attached hydrogens (tertiary/aromatic N) is 3. The van der Waals surface area contributed by atoms with Gasteiger partial charge in [-0.2, -0.15) is 0 Å². The highest BCUT2D eigenvalue weighted by molar-refractivity contribution is 9.11. The lowest BCUT2D eigenvalue weighted by atomic mass is 9.74. The van der Waals surface area contributed by atoms with E-state index in [1.165, 1.54) is 12.0 Å². The van der Waals surface area contributed by atoms with Crippen molar-refractivity contribution in [2.75, 3.05) is 66.3 Å². The second-order valence-electron chi connectivity index (χ2n) is 14.3. The number of benzene rings is 2. The van der Waals surface area contributed by atoms with E-state index in [-0.39, 0.29) is 31.4 Å². The molecule has 2 N–H and O–H groups in total. The molecule has 2 aromatic rings. The third kappa shape index (κ3) is 7.39. The lowest BCUT2D eigenvalue weighted by Crippen LogP contribution is -2.57. The molecule has 7 rings (SSSR count). The van der Waals surface area contributed by atoms with Crippen LogP contribution in [0.4, 0.5) is 0 Å². The minimum atomic E-state index is -1.54. The number of cyclic esters (lactones) is 1. The summed E-state index contributed by atoms with van der Waals surface area (Å²) >= 11 is 3.64. The average Bonchev–Trinajstić information content (AvgIpc) is 3.79. The highest BCUT2D eigenvalue weighted by Gasteiger charge is 2.75. The van der Waals surface area contributed by atoms with Crippen molar-refractivity contribution in [3.8, 4) is 0 Å². The van der Waals surface area contributed by atoms with Gasteiger partial charge in [0.05, 0.1) is 44.4 Å². The van der Waals surface area contributed by atoms with E-state index in [2.05, 4.69) is 26.1 Å². The van der Waals surface area contributed by atoms with Gasteiger partial charge in [-0.3, -0.25) is 24.1 Å². The Bertz CT molecular complexity index is 1740. The largest absolute Gasteiger partial charge is 0.455 e. The van der Waals surface area contributed by atoms with E-state index < -0.39 is 66.3 Å². The number of methoxy groups -OCH3 is 1. The molecule has 1 spiro atoms. The van der Waals surface area contributed by atoms with Crippen LogP contribution in [0.15, 0.2) is 83.4 Å². The molecule has 5 aliphatic rings. The van der Waals surface area contributed by atoms with Crippen LogP contribution in [0, 0.1) is 11.8 Å². The van der Waals surface area contributed by atoms with Gasteiger partial charge in [0.1, 0.15) is 29.8 Å². The summed E-state index contributed by atoms with van der Waals surface area (Å²) in [5.74, 6) is -4.10. The van der Waals surface area contributed by atoms with Crippen LogP contribution in [0.2, 0.25) is 0 Å². The Morgan fingerprint density at radius 1 is 0.963 bits per heavy atom. The molecule has 3 amide bonds. The van der Waals surface area contributed by atoms with E-state index in [0.29, 0.717) is 48.3 Å². The second kappa shape index (κ2) is 16.8. The molecule has 5 aliphatic heterocycles. The maximum Gasteiger partial charge on any atom is 0.313 e. The maximum atomic E-state index is 15.2. The second-order valence-corrected chi connectivity index (χ2v) is 15.2. The van der Waals surface area contributed by atoms with Gasteiger partial charge in [-0.1, -0.05) is 88.7 Å². The maximum absolute atomic E-state index is 15.2. The lowest BCUT2D eigenvalue weighted by Gasteiger charge is -2.39. The molecule has 0 radical (unpaired) electrons. The molecule has 0 aromatic heterocycles. The number of hydrogen-bond donors (Lipinski definition) is 2. The Labute approximate surface area is 323 Å². The van der Waals surface area contributed by atoms with Crippen molar-refractivity contribution < 1.29 is 43.2 Å². The van der Waals surface area contributed by atoms with Crippen molar-refractivity contribution >= 4 is 39.6 Å². The van der Waals surface area contributed by atoms with E-state index in [9.17, 15) is 14.7 Å². The number of halogens is 1. The number of amides is 3. The first kappa shape index (κ1) is 38.4. The molecule has 54 heavy (non-hydrogen) atoms. The Hall–Kier alpha value is -3.92. The highest BCUT2D eigenvalue weighted by atomic mass is 79.9. The number of hydrogen-bond acceptors (Lipinski definition) is 10. The van der Waals surface area contributed by atoms with Crippen LogP contribution in [0.5, 0.6) is 0 Å². The molecule has 5 bridgehead atoms. The molecule has 0 saturated carbocycles. The number of carbonyl (C=O) groups excluding carboxylic acids is 4. The van der Waals surface area contributed by atoms with E-state index >= 15 is 9.59 Å². The molecule has 0 aliphatic carbocycles. The molecule has 2 aromatic carbocycles. The van der Waals surface area contributed by atoms with Crippen molar-refractivity contribution in [2.45, 2.75) is 48.8 Å². The fourth-order valence-corrected chi connectivity index (χ4v) is 9.28. The number of aliphatic hydroxyl groups is 1. The number of ether oxygens (including phenoxy) is 4. The van der Waals surface area contributed by atoms with Crippen LogP contribution in [-0.2, 0) is 38.1 Å². The Morgan fingerprint density at radius 2 is 1.69 bits per heavy atom. The fraction of sp³-hybridized carbons (Fsp3) is 0.500. The molecule has 3 saturated heterocycles. The fourth-order valence-electron chi connectivity index (χ4n) is 8.55. The summed E-state index contributed by atoms with van der Waals surface area (Å²) < 4.78 is 24.7. The van der Waals surface area contributed by atoms with Gasteiger partial charge in [0.2, 0.25) is 17.7 Å². The van der Waals surface area contributed by atoms with Crippen molar-refractivity contribution in [1.29, 1.82) is 0 Å². The van der Waals surface area contributed by atoms with Crippen molar-refractivity contribution in [3.63, 3.8) is 0 Å². The Morgan fingerprint density at radius 3 is 2.39 bits per heavy atom. The number of fused-ring (bicyclic) bond motifs is 2. The van der Waals surface area contributed by atoms with Crippen LogP contribution in [-0.4, -0.2) is 134 Å². The highest BCUT2D eigenvalue weighted by Crippen LogP contribution is 2.60. The first-order valence-electron chi connectivity index (χ1n) is 18.6. The monoisotopic (exact) mass is 806 g/mol. The van der Waals surface area contributed by atoms with Gasteiger partial charge in [0.25, 0.3) is 0 Å². The smallest absolute Gasteiger partial charge is 0.313 e. The standard InChI is InChI=1S/C40H47BrN4O9/c1-51-25-29-34(27-13-7-3-8-14-27)53-39(50)32-33-37(48)45(30(24-46)26-11-5-2-6-12-26)36(40(33)23-28(41)35(32)54-40)38(49)44(16-10-4-9-15-31(47)42-29)18-17-43-19-21-52-22-20-43/h2-8,10-14,23,29-30,32-36,46H,9,15-22,24-25H2,1H3,(H,42,47)/b10-4-/t29-,30+,32+,33-,34-,35+,36+,40-/m0/s1. The number of nitrogens with one attached hydrogen (secondary N) is 1. The van der Waals surface area contributed by atoms with Gasteiger partial charge in [-0.15, -0.1) is 0 Å². The minimum Gasteiger partial charge on any atom is -0.455 e. The molecule has 5 heterocycles. The van der Waals surface area contributed by atoms with Crippen LogP contribution in [0.1, 0.15) is 36.1 Å². The van der Waals surface area contributed by atoms with Crippen LogP contribution in [0.3, 0.4) is 0 Å². The van der Waals surface area contributed by atoms with Gasteiger partial charge in [0.15, 0.2) is 0 Å². The number of esters is 1. The quantitative estimate of drug-likeness (QED) is 0.287. The zero-order valence-corrected chi connectivity index (χ0v) is 31.8. The van der Waals surface area contributed by atoms with E-state index in [4.69, 9.17) is 18.9 Å². The first-order chi connectivity index (χ1) is 26.3. The summed E-state index contributed by atoms with van der Waals surface area (Å²) in [6, 6.07) is 15.3. The number of allylic oxidation sites excluding steroid dienone is 1. The third-order valence-electron chi connectivity index (χ3n) is 11.1. The van der Waals surface area contributed by atoms with Crippen molar-refractivity contribution in [2.24, 2.45) is 11.8 Å². The molecular formula is C40H47BrN4O9. The van der Waals surface area contributed by atoms with E-state index in [1.807, 2.05) is 60.7 Å². The zero-order chi connectivity index (χ0) is 37.8. The molecule has 14 heteroatoms.